The third kappa shape index (κ3) is 3.59. The van der Waals surface area contributed by atoms with Gasteiger partial charge >= 0.3 is 0 Å². The number of carbonyl (C=O) groups excluding carboxylic acids is 4. The van der Waals surface area contributed by atoms with Crippen LogP contribution in [-0.4, -0.2) is 23.4 Å². The maximum absolute atomic E-state index is 14.5. The van der Waals surface area contributed by atoms with Crippen molar-refractivity contribution in [1.29, 1.82) is 5.26 Å². The van der Waals surface area contributed by atoms with Crippen LogP contribution in [-0.2, 0) is 19.2 Å². The Kier molecular flexibility index (Phi) is 6.21. The van der Waals surface area contributed by atoms with Crippen LogP contribution >= 0.6 is 0 Å². The lowest BCUT2D eigenvalue weighted by Gasteiger charge is -2.69. The van der Waals surface area contributed by atoms with E-state index >= 15 is 0 Å². The first-order chi connectivity index (χ1) is 18.4. The highest BCUT2D eigenvalue weighted by Crippen LogP contribution is 2.74. The van der Waals surface area contributed by atoms with E-state index in [1.54, 1.807) is 0 Å². The van der Waals surface area contributed by atoms with Gasteiger partial charge in [-0.1, -0.05) is 60.1 Å². The Bertz CT molecular complexity index is 1320. The molecule has 0 aromatic heterocycles. The molecule has 40 heavy (non-hydrogen) atoms. The molecule has 0 bridgehead atoms. The van der Waals surface area contributed by atoms with Gasteiger partial charge in [-0.15, -0.1) is 0 Å². The van der Waals surface area contributed by atoms with Gasteiger partial charge in [0.2, 0.25) is 11.8 Å². The van der Waals surface area contributed by atoms with Gasteiger partial charge in [-0.3, -0.25) is 30.0 Å². The highest BCUT2D eigenvalue weighted by Gasteiger charge is 2.70. The molecule has 2 unspecified atom stereocenters. The third-order valence-electron chi connectivity index (χ3n) is 12.7. The number of allylic oxidation sites excluding steroid dienone is 4. The molecule has 7 nitrogen and oxygen atoms in total. The predicted octanol–water partition coefficient (Wildman–Crippen LogP) is 5.37. The van der Waals surface area contributed by atoms with Gasteiger partial charge in [0, 0.05) is 23.7 Å². The third-order valence-corrected chi connectivity index (χ3v) is 12.7. The molecule has 7 heteroatoms. The van der Waals surface area contributed by atoms with Crippen molar-refractivity contribution in [1.82, 2.24) is 10.9 Å². The molecule has 0 saturated heterocycles. The SMILES string of the molecule is CC(=O)NNC(=O)[C@]12CCC(C)(C)CC1C1C(=O)C=C3[C@@]4(C)C=C(C#N)C(=O)C(C)(C)[C@@H]4CC[C@@]3(C)[C@]1(C)CC2. The highest BCUT2D eigenvalue weighted by atomic mass is 16.2. The summed E-state index contributed by atoms with van der Waals surface area (Å²) < 4.78 is 0. The summed E-state index contributed by atoms with van der Waals surface area (Å²) in [5.74, 6) is -1.01. The lowest BCUT2D eigenvalue weighted by Crippen LogP contribution is -2.67. The van der Waals surface area contributed by atoms with Crippen LogP contribution in [0.2, 0.25) is 0 Å². The van der Waals surface area contributed by atoms with Gasteiger partial charge in [0.1, 0.15) is 6.07 Å². The molecule has 0 heterocycles. The second kappa shape index (κ2) is 8.63. The quantitative estimate of drug-likeness (QED) is 0.428. The molecule has 0 spiro atoms. The molecule has 5 rings (SSSR count). The van der Waals surface area contributed by atoms with E-state index in [-0.39, 0.29) is 63.0 Å². The molecule has 5 aliphatic rings. The zero-order valence-electron chi connectivity index (χ0n) is 25.4. The summed E-state index contributed by atoms with van der Waals surface area (Å²) in [6.45, 7) is 16.4. The zero-order valence-corrected chi connectivity index (χ0v) is 25.4. The first kappa shape index (κ1) is 28.8. The fourth-order valence-electron chi connectivity index (χ4n) is 10.3. The maximum atomic E-state index is 14.5. The summed E-state index contributed by atoms with van der Waals surface area (Å²) in [6, 6.07) is 2.16. The fraction of sp³-hybridized carbons (Fsp3) is 0.727. The standard InChI is InChI=1S/C33H45N3O4/c1-19(37)35-36-27(40)33-13-11-28(2,3)17-21(33)25-22(38)15-24-30(6)16-20(18-34)26(39)29(4,5)23(30)9-10-31(24,7)32(25,8)12-14-33/h15-16,21,23,25H,9-14,17H2,1-8H3,(H,35,37)(H,36,40)/t21?,23-,25?,30-,31+,32+,33-/m0/s1. The lowest BCUT2D eigenvalue weighted by atomic mass is 9.34. The monoisotopic (exact) mass is 547 g/mol. The minimum atomic E-state index is -0.715. The number of hydrazine groups is 1. The number of fused-ring (bicyclic) bond motifs is 7. The summed E-state index contributed by atoms with van der Waals surface area (Å²) in [4.78, 5) is 53.2. The lowest BCUT2D eigenvalue weighted by molar-refractivity contribution is -0.179. The van der Waals surface area contributed by atoms with Crippen LogP contribution in [0.3, 0.4) is 0 Å². The van der Waals surface area contributed by atoms with Gasteiger partial charge in [0.15, 0.2) is 11.6 Å². The molecule has 5 aliphatic carbocycles. The first-order valence-electron chi connectivity index (χ1n) is 14.9. The van der Waals surface area contributed by atoms with Crippen LogP contribution in [0.15, 0.2) is 23.3 Å². The summed E-state index contributed by atoms with van der Waals surface area (Å²) in [7, 11) is 0. The van der Waals surface area contributed by atoms with Crippen LogP contribution in [0.1, 0.15) is 100 Å². The van der Waals surface area contributed by atoms with Crippen LogP contribution in [0.25, 0.3) is 0 Å². The van der Waals surface area contributed by atoms with Crippen LogP contribution in [0.5, 0.6) is 0 Å². The van der Waals surface area contributed by atoms with E-state index in [0.29, 0.717) is 12.8 Å². The number of ketones is 2. The van der Waals surface area contributed by atoms with Crippen molar-refractivity contribution in [2.24, 2.45) is 50.2 Å². The van der Waals surface area contributed by atoms with E-state index in [1.165, 1.54) is 6.92 Å². The molecule has 216 valence electrons. The van der Waals surface area contributed by atoms with E-state index in [2.05, 4.69) is 51.5 Å². The summed E-state index contributed by atoms with van der Waals surface area (Å²) in [5.41, 5.74) is 3.72. The molecule has 2 N–H and O–H groups in total. The molecule has 3 saturated carbocycles. The molecule has 0 radical (unpaired) electrons. The number of rotatable bonds is 1. The van der Waals surface area contributed by atoms with Crippen molar-refractivity contribution in [2.45, 2.75) is 100 Å². The number of nitriles is 1. The molecule has 3 fully saturated rings. The smallest absolute Gasteiger partial charge is 0.244 e. The second-order valence-corrected chi connectivity index (χ2v) is 15.5. The van der Waals surface area contributed by atoms with Crippen molar-refractivity contribution in [3.63, 3.8) is 0 Å². The Morgan fingerprint density at radius 2 is 1.60 bits per heavy atom. The Labute approximate surface area is 238 Å². The molecule has 0 aliphatic heterocycles. The number of carbonyl (C=O) groups is 4. The molecule has 7 atom stereocenters. The van der Waals surface area contributed by atoms with Gasteiger partial charge in [0.25, 0.3) is 0 Å². The van der Waals surface area contributed by atoms with E-state index < -0.39 is 16.2 Å². The Morgan fingerprint density at radius 1 is 0.950 bits per heavy atom. The van der Waals surface area contributed by atoms with Gasteiger partial charge in [-0.05, 0) is 79.1 Å². The fourth-order valence-corrected chi connectivity index (χ4v) is 10.3. The minimum absolute atomic E-state index is 0.00315. The van der Waals surface area contributed by atoms with Crippen molar-refractivity contribution in [2.75, 3.05) is 0 Å². The number of Topliss-reactive ketones (excluding diaryl/α,β-unsaturated/α-hetero) is 1. The normalized spacial score (nSPS) is 42.9. The van der Waals surface area contributed by atoms with Gasteiger partial charge in [-0.25, -0.2) is 0 Å². The maximum Gasteiger partial charge on any atom is 0.244 e. The molecular formula is C33H45N3O4. The van der Waals surface area contributed by atoms with Crippen molar-refractivity contribution in [3.8, 4) is 6.07 Å². The Hall–Kier alpha value is -2.75. The van der Waals surface area contributed by atoms with E-state index in [4.69, 9.17) is 0 Å². The van der Waals surface area contributed by atoms with Gasteiger partial charge in [0.05, 0.1) is 11.0 Å². The minimum Gasteiger partial charge on any atom is -0.295 e. The molecule has 0 aromatic carbocycles. The Morgan fingerprint density at radius 3 is 2.23 bits per heavy atom. The number of hydrogen-bond acceptors (Lipinski definition) is 5. The van der Waals surface area contributed by atoms with Crippen LogP contribution in [0.4, 0.5) is 0 Å². The van der Waals surface area contributed by atoms with Gasteiger partial charge in [-0.2, -0.15) is 5.26 Å². The largest absolute Gasteiger partial charge is 0.295 e. The second-order valence-electron chi connectivity index (χ2n) is 15.5. The van der Waals surface area contributed by atoms with Crippen molar-refractivity contribution in [3.05, 3.63) is 23.3 Å². The summed E-state index contributed by atoms with van der Waals surface area (Å²) in [6.07, 6.45) is 9.14. The zero-order chi connectivity index (χ0) is 29.7. The molecule has 2 amide bonds. The summed E-state index contributed by atoms with van der Waals surface area (Å²) in [5, 5.41) is 9.90. The molecule has 0 aromatic rings. The van der Waals surface area contributed by atoms with E-state index in [0.717, 1.165) is 37.7 Å². The van der Waals surface area contributed by atoms with Crippen molar-refractivity contribution < 1.29 is 19.2 Å². The van der Waals surface area contributed by atoms with E-state index in [9.17, 15) is 24.4 Å². The average molecular weight is 548 g/mol. The van der Waals surface area contributed by atoms with Crippen LogP contribution < -0.4 is 10.9 Å². The topological polar surface area (TPSA) is 116 Å². The van der Waals surface area contributed by atoms with Crippen LogP contribution in [0, 0.1) is 61.6 Å². The number of nitrogens with zero attached hydrogens (tertiary/aromatic N) is 1. The number of amides is 2. The predicted molar refractivity (Wildman–Crippen MR) is 151 cm³/mol. The number of nitrogens with one attached hydrogen (secondary N) is 2. The molecular weight excluding hydrogens is 502 g/mol. The summed E-state index contributed by atoms with van der Waals surface area (Å²) >= 11 is 0. The van der Waals surface area contributed by atoms with Crippen molar-refractivity contribution >= 4 is 23.4 Å². The average Bonchev–Trinajstić information content (AvgIpc) is 2.86. The van der Waals surface area contributed by atoms with Gasteiger partial charge < -0.3 is 0 Å². The Balaban J connectivity index is 1.66. The number of hydrogen-bond donors (Lipinski definition) is 2. The highest BCUT2D eigenvalue weighted by molar-refractivity contribution is 6.04. The first-order valence-corrected chi connectivity index (χ1v) is 14.9. The van der Waals surface area contributed by atoms with E-state index in [1.807, 2.05) is 26.0 Å².